The molecular formula is C18H21FN2OS. The van der Waals surface area contributed by atoms with Crippen LogP contribution in [0, 0.1) is 5.82 Å². The normalized spacial score (nSPS) is 10.2. The predicted molar refractivity (Wildman–Crippen MR) is 95.4 cm³/mol. The summed E-state index contributed by atoms with van der Waals surface area (Å²) in [6.45, 7) is 1.34. The third-order valence-corrected chi connectivity index (χ3v) is 3.76. The van der Waals surface area contributed by atoms with Crippen LogP contribution in [0.2, 0.25) is 0 Å². The van der Waals surface area contributed by atoms with Crippen LogP contribution in [0.25, 0.3) is 0 Å². The fourth-order valence-corrected chi connectivity index (χ4v) is 2.43. The third kappa shape index (κ3) is 5.87. The van der Waals surface area contributed by atoms with E-state index >= 15 is 0 Å². The number of halogens is 1. The fourth-order valence-electron chi connectivity index (χ4n) is 2.22. The summed E-state index contributed by atoms with van der Waals surface area (Å²) in [5.74, 6) is 0.680. The van der Waals surface area contributed by atoms with Crippen LogP contribution in [0.15, 0.2) is 48.5 Å². The predicted octanol–water partition coefficient (Wildman–Crippen LogP) is 3.08. The van der Waals surface area contributed by atoms with Gasteiger partial charge in [-0.05, 0) is 54.4 Å². The number of hydrogen-bond donors (Lipinski definition) is 2. The van der Waals surface area contributed by atoms with Gasteiger partial charge in [-0.25, -0.2) is 4.39 Å². The van der Waals surface area contributed by atoms with Crippen molar-refractivity contribution in [1.29, 1.82) is 0 Å². The SMILES string of the molecule is COc1cccc(CCNC(=S)NCCc2ccccc2F)c1. The average Bonchev–Trinajstić information content (AvgIpc) is 2.57. The topological polar surface area (TPSA) is 33.3 Å². The number of hydrogen-bond acceptors (Lipinski definition) is 2. The summed E-state index contributed by atoms with van der Waals surface area (Å²) in [4.78, 5) is 0. The van der Waals surface area contributed by atoms with Crippen LogP contribution in [0.4, 0.5) is 4.39 Å². The summed E-state index contributed by atoms with van der Waals surface area (Å²) in [6, 6.07) is 14.7. The van der Waals surface area contributed by atoms with Crippen LogP contribution in [0.1, 0.15) is 11.1 Å². The Hall–Kier alpha value is -2.14. The van der Waals surface area contributed by atoms with Crippen molar-refractivity contribution in [3.05, 3.63) is 65.5 Å². The van der Waals surface area contributed by atoms with Crippen molar-refractivity contribution in [2.45, 2.75) is 12.8 Å². The maximum Gasteiger partial charge on any atom is 0.166 e. The van der Waals surface area contributed by atoms with Gasteiger partial charge in [0.25, 0.3) is 0 Å². The summed E-state index contributed by atoms with van der Waals surface area (Å²) >= 11 is 5.23. The molecule has 0 aliphatic heterocycles. The van der Waals surface area contributed by atoms with E-state index in [9.17, 15) is 4.39 Å². The first-order valence-electron chi connectivity index (χ1n) is 7.57. The van der Waals surface area contributed by atoms with Gasteiger partial charge in [0.2, 0.25) is 0 Å². The molecule has 0 amide bonds. The van der Waals surface area contributed by atoms with Crippen LogP contribution < -0.4 is 15.4 Å². The Morgan fingerprint density at radius 3 is 2.52 bits per heavy atom. The molecule has 0 bridgehead atoms. The summed E-state index contributed by atoms with van der Waals surface area (Å²) in [5, 5.41) is 6.84. The summed E-state index contributed by atoms with van der Waals surface area (Å²) in [7, 11) is 1.66. The zero-order valence-electron chi connectivity index (χ0n) is 13.1. The van der Waals surface area contributed by atoms with Crippen molar-refractivity contribution < 1.29 is 9.13 Å². The third-order valence-electron chi connectivity index (χ3n) is 3.47. The van der Waals surface area contributed by atoms with E-state index in [-0.39, 0.29) is 5.82 Å². The Labute approximate surface area is 141 Å². The Morgan fingerprint density at radius 1 is 1.04 bits per heavy atom. The summed E-state index contributed by atoms with van der Waals surface area (Å²) in [6.07, 6.45) is 1.46. The zero-order chi connectivity index (χ0) is 16.5. The molecule has 2 aromatic rings. The quantitative estimate of drug-likeness (QED) is 0.764. The molecule has 0 aliphatic carbocycles. The minimum absolute atomic E-state index is 0.175. The van der Waals surface area contributed by atoms with E-state index in [1.54, 1.807) is 19.2 Å². The second kappa shape index (κ2) is 9.10. The van der Waals surface area contributed by atoms with Gasteiger partial charge in [-0.15, -0.1) is 0 Å². The Balaban J connectivity index is 1.66. The molecule has 0 fully saturated rings. The molecule has 122 valence electrons. The van der Waals surface area contributed by atoms with E-state index in [4.69, 9.17) is 17.0 Å². The van der Waals surface area contributed by atoms with Crippen molar-refractivity contribution in [1.82, 2.24) is 10.6 Å². The van der Waals surface area contributed by atoms with Crippen molar-refractivity contribution in [3.63, 3.8) is 0 Å². The highest BCUT2D eigenvalue weighted by molar-refractivity contribution is 7.80. The van der Waals surface area contributed by atoms with E-state index in [1.807, 2.05) is 24.3 Å². The van der Waals surface area contributed by atoms with Crippen LogP contribution in [-0.2, 0) is 12.8 Å². The Kier molecular flexibility index (Phi) is 6.81. The maximum absolute atomic E-state index is 13.5. The van der Waals surface area contributed by atoms with Gasteiger partial charge in [-0.2, -0.15) is 0 Å². The van der Waals surface area contributed by atoms with E-state index in [1.165, 1.54) is 11.6 Å². The molecule has 2 N–H and O–H groups in total. The van der Waals surface area contributed by atoms with Crippen LogP contribution in [0.3, 0.4) is 0 Å². The fraction of sp³-hybridized carbons (Fsp3) is 0.278. The van der Waals surface area contributed by atoms with Crippen molar-refractivity contribution in [3.8, 4) is 5.75 Å². The molecule has 0 radical (unpaired) electrons. The van der Waals surface area contributed by atoms with Gasteiger partial charge in [0.1, 0.15) is 11.6 Å². The second-order valence-electron chi connectivity index (χ2n) is 5.13. The standard InChI is InChI=1S/C18H21FN2OS/c1-22-16-7-4-5-14(13-16)9-11-20-18(23)21-12-10-15-6-2-3-8-17(15)19/h2-8,13H,9-12H2,1H3,(H2,20,21,23). The molecule has 0 saturated carbocycles. The smallest absolute Gasteiger partial charge is 0.166 e. The molecular weight excluding hydrogens is 311 g/mol. The van der Waals surface area contributed by atoms with Gasteiger partial charge in [-0.3, -0.25) is 0 Å². The Bertz CT molecular complexity index is 648. The van der Waals surface area contributed by atoms with Gasteiger partial charge in [0, 0.05) is 13.1 Å². The minimum Gasteiger partial charge on any atom is -0.497 e. The lowest BCUT2D eigenvalue weighted by molar-refractivity contribution is 0.414. The maximum atomic E-state index is 13.5. The van der Waals surface area contributed by atoms with Gasteiger partial charge < -0.3 is 15.4 Å². The average molecular weight is 332 g/mol. The first-order valence-corrected chi connectivity index (χ1v) is 7.98. The number of ether oxygens (including phenoxy) is 1. The number of methoxy groups -OCH3 is 1. The van der Waals surface area contributed by atoms with Crippen molar-refractivity contribution >= 4 is 17.3 Å². The highest BCUT2D eigenvalue weighted by Gasteiger charge is 2.01. The Morgan fingerprint density at radius 2 is 1.78 bits per heavy atom. The molecule has 5 heteroatoms. The van der Waals surface area contributed by atoms with E-state index < -0.39 is 0 Å². The number of thiocarbonyl (C=S) groups is 1. The van der Waals surface area contributed by atoms with Gasteiger partial charge in [-0.1, -0.05) is 30.3 Å². The largest absolute Gasteiger partial charge is 0.497 e. The molecule has 23 heavy (non-hydrogen) atoms. The second-order valence-corrected chi connectivity index (χ2v) is 5.53. The lowest BCUT2D eigenvalue weighted by Gasteiger charge is -2.11. The molecule has 0 heterocycles. The van der Waals surface area contributed by atoms with Crippen LogP contribution >= 0.6 is 12.2 Å². The molecule has 2 aromatic carbocycles. The lowest BCUT2D eigenvalue weighted by Crippen LogP contribution is -2.37. The van der Waals surface area contributed by atoms with E-state index in [2.05, 4.69) is 16.7 Å². The molecule has 2 rings (SSSR count). The van der Waals surface area contributed by atoms with Crippen molar-refractivity contribution in [2.24, 2.45) is 0 Å². The summed E-state index contributed by atoms with van der Waals surface area (Å²) in [5.41, 5.74) is 1.88. The van der Waals surface area contributed by atoms with Gasteiger partial charge in [0.05, 0.1) is 7.11 Å². The van der Waals surface area contributed by atoms with Gasteiger partial charge >= 0.3 is 0 Å². The molecule has 0 aromatic heterocycles. The monoisotopic (exact) mass is 332 g/mol. The number of nitrogens with one attached hydrogen (secondary N) is 2. The highest BCUT2D eigenvalue weighted by atomic mass is 32.1. The molecule has 0 aliphatic rings. The molecule has 0 unspecified atom stereocenters. The zero-order valence-corrected chi connectivity index (χ0v) is 14.0. The van der Waals surface area contributed by atoms with Crippen LogP contribution in [0.5, 0.6) is 5.75 Å². The number of rotatable bonds is 7. The van der Waals surface area contributed by atoms with E-state index in [0.29, 0.717) is 23.6 Å². The first-order chi connectivity index (χ1) is 11.2. The highest BCUT2D eigenvalue weighted by Crippen LogP contribution is 2.12. The molecule has 0 saturated heterocycles. The van der Waals surface area contributed by atoms with Gasteiger partial charge in [0.15, 0.2) is 5.11 Å². The minimum atomic E-state index is -0.175. The van der Waals surface area contributed by atoms with Crippen LogP contribution in [-0.4, -0.2) is 25.3 Å². The first kappa shape index (κ1) is 17.2. The molecule has 0 spiro atoms. The lowest BCUT2D eigenvalue weighted by atomic mass is 10.1. The van der Waals surface area contributed by atoms with E-state index in [0.717, 1.165) is 18.7 Å². The number of benzene rings is 2. The molecule has 0 atom stereocenters. The molecule has 3 nitrogen and oxygen atoms in total. The van der Waals surface area contributed by atoms with Crippen molar-refractivity contribution in [2.75, 3.05) is 20.2 Å². The summed E-state index contributed by atoms with van der Waals surface area (Å²) < 4.78 is 18.7.